The van der Waals surface area contributed by atoms with Crippen molar-refractivity contribution in [3.8, 4) is 0 Å². The smallest absolute Gasteiger partial charge is 0.416 e. The molecule has 1 atom stereocenters. The molecule has 24 heavy (non-hydrogen) atoms. The fraction of sp³-hybridized carbons (Fsp3) is 0.176. The molecule has 126 valence electrons. The molecule has 0 bridgehead atoms. The molecule has 7 heteroatoms. The first-order valence-electron chi connectivity index (χ1n) is 6.86. The second-order valence-corrected chi connectivity index (χ2v) is 5.23. The second-order valence-electron chi connectivity index (χ2n) is 5.23. The van der Waals surface area contributed by atoms with Crippen molar-refractivity contribution in [1.29, 1.82) is 0 Å². The van der Waals surface area contributed by atoms with E-state index in [2.05, 4.69) is 0 Å². The van der Waals surface area contributed by atoms with Crippen LogP contribution in [0.15, 0.2) is 54.6 Å². The lowest BCUT2D eigenvalue weighted by atomic mass is 9.71. The van der Waals surface area contributed by atoms with Crippen LogP contribution in [-0.4, -0.2) is 22.2 Å². The fourth-order valence-corrected chi connectivity index (χ4v) is 2.60. The normalized spacial score (nSPS) is 14.0. The molecular weight excluding hydrogens is 325 g/mol. The molecular formula is C17H13F3O4. The lowest BCUT2D eigenvalue weighted by Crippen LogP contribution is -2.39. The largest absolute Gasteiger partial charge is 0.481 e. The van der Waals surface area contributed by atoms with Crippen LogP contribution in [0.2, 0.25) is 0 Å². The molecule has 2 rings (SSSR count). The first kappa shape index (κ1) is 17.5. The highest BCUT2D eigenvalue weighted by Gasteiger charge is 2.45. The predicted octanol–water partition coefficient (Wildman–Crippen LogP) is 3.55. The van der Waals surface area contributed by atoms with Gasteiger partial charge in [0.05, 0.1) is 12.0 Å². The zero-order valence-electron chi connectivity index (χ0n) is 12.2. The Kier molecular flexibility index (Phi) is 4.64. The maximum absolute atomic E-state index is 13.0. The van der Waals surface area contributed by atoms with Crippen LogP contribution in [0.5, 0.6) is 0 Å². The van der Waals surface area contributed by atoms with E-state index in [1.165, 1.54) is 30.3 Å². The molecule has 0 aliphatic rings. The summed E-state index contributed by atoms with van der Waals surface area (Å²) in [5.74, 6) is -2.96. The van der Waals surface area contributed by atoms with Gasteiger partial charge in [0.25, 0.3) is 0 Å². The van der Waals surface area contributed by atoms with Crippen LogP contribution >= 0.6 is 0 Å². The minimum atomic E-state index is -4.67. The highest BCUT2D eigenvalue weighted by Crippen LogP contribution is 2.39. The summed E-state index contributed by atoms with van der Waals surface area (Å²) in [7, 11) is 0. The SMILES string of the molecule is O=C(O)CC(C(=O)O)(c1ccccc1)c1cccc(C(F)(F)F)c1. The van der Waals surface area contributed by atoms with E-state index in [-0.39, 0.29) is 11.1 Å². The van der Waals surface area contributed by atoms with Gasteiger partial charge < -0.3 is 10.2 Å². The van der Waals surface area contributed by atoms with Gasteiger partial charge in [0, 0.05) is 0 Å². The number of aliphatic carboxylic acids is 2. The molecule has 1 unspecified atom stereocenters. The summed E-state index contributed by atoms with van der Waals surface area (Å²) < 4.78 is 38.9. The third kappa shape index (κ3) is 3.24. The van der Waals surface area contributed by atoms with Crippen LogP contribution in [0.1, 0.15) is 23.1 Å². The highest BCUT2D eigenvalue weighted by molar-refractivity contribution is 5.91. The Balaban J connectivity index is 2.75. The zero-order valence-corrected chi connectivity index (χ0v) is 12.2. The molecule has 2 aromatic carbocycles. The third-order valence-corrected chi connectivity index (χ3v) is 3.73. The van der Waals surface area contributed by atoms with Gasteiger partial charge >= 0.3 is 18.1 Å². The van der Waals surface area contributed by atoms with E-state index < -0.39 is 35.5 Å². The minimum Gasteiger partial charge on any atom is -0.481 e. The van der Waals surface area contributed by atoms with E-state index in [0.717, 1.165) is 12.1 Å². The number of hydrogen-bond acceptors (Lipinski definition) is 2. The van der Waals surface area contributed by atoms with Gasteiger partial charge in [-0.15, -0.1) is 0 Å². The monoisotopic (exact) mass is 338 g/mol. The molecule has 4 nitrogen and oxygen atoms in total. The first-order chi connectivity index (χ1) is 11.2. The number of benzene rings is 2. The van der Waals surface area contributed by atoms with Gasteiger partial charge in [0.15, 0.2) is 0 Å². The molecule has 0 aliphatic heterocycles. The maximum atomic E-state index is 13.0. The number of carbonyl (C=O) groups is 2. The average Bonchev–Trinajstić information content (AvgIpc) is 2.52. The summed E-state index contributed by atoms with van der Waals surface area (Å²) >= 11 is 0. The lowest BCUT2D eigenvalue weighted by molar-refractivity contribution is -0.148. The van der Waals surface area contributed by atoms with Crippen molar-refractivity contribution in [2.45, 2.75) is 18.0 Å². The number of carboxylic acids is 2. The van der Waals surface area contributed by atoms with Gasteiger partial charge in [0.1, 0.15) is 5.41 Å². The van der Waals surface area contributed by atoms with E-state index >= 15 is 0 Å². The van der Waals surface area contributed by atoms with E-state index in [9.17, 15) is 27.9 Å². The van der Waals surface area contributed by atoms with Crippen molar-refractivity contribution in [3.05, 3.63) is 71.3 Å². The van der Waals surface area contributed by atoms with Crippen molar-refractivity contribution in [3.63, 3.8) is 0 Å². The fourth-order valence-electron chi connectivity index (χ4n) is 2.60. The van der Waals surface area contributed by atoms with Gasteiger partial charge in [-0.25, -0.2) is 0 Å². The summed E-state index contributed by atoms with van der Waals surface area (Å²) in [6, 6.07) is 11.1. The number of carboxylic acid groups (broad SMARTS) is 2. The van der Waals surface area contributed by atoms with Crippen LogP contribution in [0.3, 0.4) is 0 Å². The summed E-state index contributed by atoms with van der Waals surface area (Å²) in [6.45, 7) is 0. The Labute approximate surface area is 135 Å². The minimum absolute atomic E-state index is 0.0965. The molecule has 2 N–H and O–H groups in total. The first-order valence-corrected chi connectivity index (χ1v) is 6.86. The number of halogens is 3. The molecule has 0 aromatic heterocycles. The quantitative estimate of drug-likeness (QED) is 0.874. The molecule has 2 aromatic rings. The molecule has 0 spiro atoms. The summed E-state index contributed by atoms with van der Waals surface area (Å²) in [6.07, 6.45) is -5.55. The lowest BCUT2D eigenvalue weighted by Gasteiger charge is -2.29. The van der Waals surface area contributed by atoms with Crippen LogP contribution < -0.4 is 0 Å². The molecule has 0 amide bonds. The molecule has 0 saturated carbocycles. The zero-order chi connectivity index (χ0) is 18.0. The summed E-state index contributed by atoms with van der Waals surface area (Å²) in [5.41, 5.74) is -3.29. The van der Waals surface area contributed by atoms with Crippen LogP contribution in [0, 0.1) is 0 Å². The number of alkyl halides is 3. The average molecular weight is 338 g/mol. The topological polar surface area (TPSA) is 74.6 Å². The predicted molar refractivity (Wildman–Crippen MR) is 78.6 cm³/mol. The molecule has 0 aliphatic carbocycles. The van der Waals surface area contributed by atoms with Gasteiger partial charge in [-0.05, 0) is 17.2 Å². The number of hydrogen-bond donors (Lipinski definition) is 2. The van der Waals surface area contributed by atoms with E-state index in [1.54, 1.807) is 6.07 Å². The summed E-state index contributed by atoms with van der Waals surface area (Å²) in [5, 5.41) is 18.9. The Morgan fingerprint density at radius 3 is 1.88 bits per heavy atom. The van der Waals surface area contributed by atoms with Crippen LogP contribution in [0.25, 0.3) is 0 Å². The van der Waals surface area contributed by atoms with Gasteiger partial charge in [-0.3, -0.25) is 9.59 Å². The van der Waals surface area contributed by atoms with Crippen LogP contribution in [0.4, 0.5) is 13.2 Å². The molecule has 0 saturated heterocycles. The van der Waals surface area contributed by atoms with Crippen LogP contribution in [-0.2, 0) is 21.2 Å². The van der Waals surface area contributed by atoms with E-state index in [4.69, 9.17) is 5.11 Å². The molecule has 0 fully saturated rings. The Morgan fingerprint density at radius 2 is 1.38 bits per heavy atom. The van der Waals surface area contributed by atoms with Gasteiger partial charge in [0.2, 0.25) is 0 Å². The Bertz CT molecular complexity index is 756. The van der Waals surface area contributed by atoms with Crippen molar-refractivity contribution < 1.29 is 33.0 Å². The molecule has 0 radical (unpaired) electrons. The highest BCUT2D eigenvalue weighted by atomic mass is 19.4. The maximum Gasteiger partial charge on any atom is 0.416 e. The van der Waals surface area contributed by atoms with Crippen molar-refractivity contribution >= 4 is 11.9 Å². The van der Waals surface area contributed by atoms with E-state index in [0.29, 0.717) is 6.07 Å². The van der Waals surface area contributed by atoms with E-state index in [1.807, 2.05) is 0 Å². The third-order valence-electron chi connectivity index (χ3n) is 3.73. The van der Waals surface area contributed by atoms with Crippen molar-refractivity contribution in [1.82, 2.24) is 0 Å². The summed E-state index contributed by atoms with van der Waals surface area (Å²) in [4.78, 5) is 23.2. The Hall–Kier alpha value is -2.83. The Morgan fingerprint density at radius 1 is 0.833 bits per heavy atom. The van der Waals surface area contributed by atoms with Gasteiger partial charge in [-0.1, -0.05) is 48.5 Å². The van der Waals surface area contributed by atoms with Crippen molar-refractivity contribution in [2.75, 3.05) is 0 Å². The standard InChI is InChI=1S/C17H13F3O4/c18-17(19,20)13-8-4-7-12(9-13)16(15(23)24,10-14(21)22)11-5-2-1-3-6-11/h1-9H,10H2,(H,21,22)(H,23,24). The molecule has 0 heterocycles. The number of rotatable bonds is 5. The van der Waals surface area contributed by atoms with Gasteiger partial charge in [-0.2, -0.15) is 13.2 Å². The van der Waals surface area contributed by atoms with Crippen molar-refractivity contribution in [2.24, 2.45) is 0 Å². The second kappa shape index (κ2) is 6.35.